The van der Waals surface area contributed by atoms with E-state index in [0.717, 1.165) is 0 Å². The van der Waals surface area contributed by atoms with Crippen molar-refractivity contribution >= 4 is 61.8 Å². The summed E-state index contributed by atoms with van der Waals surface area (Å²) in [5.74, 6) is -2.31. The molecule has 0 radical (unpaired) electrons. The zero-order valence-corrected chi connectivity index (χ0v) is 15.3. The minimum atomic E-state index is -4.05. The number of hydrogen-bond acceptors (Lipinski definition) is 3. The maximum atomic E-state index is 12.8. The molecule has 0 saturated carbocycles. The van der Waals surface area contributed by atoms with Crippen molar-refractivity contribution in [3.05, 3.63) is 56.5 Å². The smallest absolute Gasteiger partial charge is 0.335 e. The molecule has 2 aromatic rings. The van der Waals surface area contributed by atoms with E-state index in [2.05, 4.69) is 31.9 Å². The molecule has 0 aliphatic rings. The van der Waals surface area contributed by atoms with Crippen LogP contribution in [0.2, 0.25) is 0 Å². The van der Waals surface area contributed by atoms with Gasteiger partial charge in [0.2, 0.25) is 0 Å². The molecule has 0 saturated heterocycles. The van der Waals surface area contributed by atoms with Gasteiger partial charge in [0, 0.05) is 8.95 Å². The van der Waals surface area contributed by atoms with Crippen LogP contribution in [0.5, 0.6) is 0 Å². The highest BCUT2D eigenvalue weighted by molar-refractivity contribution is 9.11. The van der Waals surface area contributed by atoms with Crippen molar-refractivity contribution in [2.45, 2.75) is 0 Å². The summed E-state index contributed by atoms with van der Waals surface area (Å²) in [6, 6.07) is 7.44. The van der Waals surface area contributed by atoms with E-state index in [1.54, 1.807) is 0 Å². The molecule has 120 valence electrons. The van der Waals surface area contributed by atoms with Crippen LogP contribution in [0.25, 0.3) is 0 Å². The molecule has 23 heavy (non-hydrogen) atoms. The van der Waals surface area contributed by atoms with E-state index in [9.17, 15) is 19.0 Å². The monoisotopic (exact) mass is 462 g/mol. The normalized spacial score (nSPS) is 11.3. The van der Waals surface area contributed by atoms with Crippen LogP contribution in [-0.2, 0) is 4.57 Å². The molecule has 0 fully saturated rings. The van der Waals surface area contributed by atoms with Crippen molar-refractivity contribution < 1.29 is 29.3 Å². The molecular formula is C14H9Br2O6P. The summed E-state index contributed by atoms with van der Waals surface area (Å²) in [6.45, 7) is 0. The average molecular weight is 464 g/mol. The number of carboxylic acid groups (broad SMARTS) is 2. The van der Waals surface area contributed by atoms with Gasteiger partial charge in [-0.15, -0.1) is 0 Å². The molecule has 6 nitrogen and oxygen atoms in total. The summed E-state index contributed by atoms with van der Waals surface area (Å²) < 4.78 is 13.2. The molecule has 0 aromatic heterocycles. The van der Waals surface area contributed by atoms with Gasteiger partial charge in [-0.25, -0.2) is 9.59 Å². The first kappa shape index (κ1) is 17.9. The van der Waals surface area contributed by atoms with Crippen LogP contribution in [0.1, 0.15) is 20.7 Å². The van der Waals surface area contributed by atoms with Gasteiger partial charge in [0.1, 0.15) is 0 Å². The van der Waals surface area contributed by atoms with Crippen LogP contribution in [0, 0.1) is 0 Å². The topological polar surface area (TPSA) is 112 Å². The largest absolute Gasteiger partial charge is 0.478 e. The van der Waals surface area contributed by atoms with Gasteiger partial charge in [-0.1, -0.05) is 0 Å². The number of hydrogen-bond donors (Lipinski definition) is 3. The average Bonchev–Trinajstić information content (AvgIpc) is 2.46. The Morgan fingerprint density at radius 1 is 0.826 bits per heavy atom. The molecule has 0 bridgehead atoms. The SMILES string of the molecule is O=C(O)c1ccc(P(=O)(O)c2ccc(C(=O)O)cc2Br)c(Br)c1. The van der Waals surface area contributed by atoms with Crippen LogP contribution in [-0.4, -0.2) is 27.0 Å². The van der Waals surface area contributed by atoms with E-state index in [1.807, 2.05) is 0 Å². The summed E-state index contributed by atoms with van der Waals surface area (Å²) in [5.41, 5.74) is -0.0539. The number of carboxylic acids is 2. The quantitative estimate of drug-likeness (QED) is 0.601. The van der Waals surface area contributed by atoms with Crippen LogP contribution >= 0.6 is 39.2 Å². The Labute approximate surface area is 147 Å². The van der Waals surface area contributed by atoms with Gasteiger partial charge in [-0.3, -0.25) is 4.57 Å². The highest BCUT2D eigenvalue weighted by atomic mass is 79.9. The van der Waals surface area contributed by atoms with E-state index in [0.29, 0.717) is 0 Å². The zero-order valence-electron chi connectivity index (χ0n) is 11.2. The lowest BCUT2D eigenvalue weighted by molar-refractivity contribution is 0.0686. The third-order valence-electron chi connectivity index (χ3n) is 3.04. The van der Waals surface area contributed by atoms with Crippen LogP contribution in [0.15, 0.2) is 45.3 Å². The third kappa shape index (κ3) is 3.55. The molecule has 2 aromatic carbocycles. The predicted molar refractivity (Wildman–Crippen MR) is 91.3 cm³/mol. The maximum Gasteiger partial charge on any atom is 0.335 e. The van der Waals surface area contributed by atoms with Gasteiger partial charge in [0.15, 0.2) is 0 Å². The number of aromatic carboxylic acids is 2. The summed E-state index contributed by atoms with van der Waals surface area (Å²) >= 11 is 6.21. The van der Waals surface area contributed by atoms with Gasteiger partial charge >= 0.3 is 11.9 Å². The molecule has 3 N–H and O–H groups in total. The van der Waals surface area contributed by atoms with Gasteiger partial charge in [0.25, 0.3) is 7.37 Å². The molecule has 0 heterocycles. The summed E-state index contributed by atoms with van der Waals surface area (Å²) in [4.78, 5) is 32.3. The van der Waals surface area contributed by atoms with Gasteiger partial charge in [-0.05, 0) is 68.3 Å². The predicted octanol–water partition coefficient (Wildman–Crippen LogP) is 2.83. The van der Waals surface area contributed by atoms with Crippen molar-refractivity contribution in [1.82, 2.24) is 0 Å². The van der Waals surface area contributed by atoms with Crippen molar-refractivity contribution in [1.29, 1.82) is 0 Å². The zero-order chi connectivity index (χ0) is 17.4. The molecule has 0 atom stereocenters. The highest BCUT2D eigenvalue weighted by Gasteiger charge is 2.29. The minimum absolute atomic E-state index is 0.0197. The lowest BCUT2D eigenvalue weighted by Crippen LogP contribution is -2.19. The Hall–Kier alpha value is -1.47. The summed E-state index contributed by atoms with van der Waals surface area (Å²) in [6.07, 6.45) is 0. The van der Waals surface area contributed by atoms with Crippen LogP contribution < -0.4 is 10.6 Å². The first-order valence-corrected chi connectivity index (χ1v) is 9.28. The fourth-order valence-corrected chi connectivity index (χ4v) is 5.62. The second kappa shape index (κ2) is 6.57. The van der Waals surface area contributed by atoms with E-state index in [4.69, 9.17) is 10.2 Å². The second-order valence-electron chi connectivity index (χ2n) is 4.52. The second-order valence-corrected chi connectivity index (χ2v) is 8.34. The molecule has 0 aliphatic carbocycles. The molecule has 0 amide bonds. The number of rotatable bonds is 4. The van der Waals surface area contributed by atoms with Gasteiger partial charge < -0.3 is 15.1 Å². The fourth-order valence-electron chi connectivity index (χ4n) is 1.90. The Bertz CT molecular complexity index is 797. The molecule has 2 rings (SSSR count). The third-order valence-corrected chi connectivity index (χ3v) is 7.05. The maximum absolute atomic E-state index is 12.8. The fraction of sp³-hybridized carbons (Fsp3) is 0. The van der Waals surface area contributed by atoms with Crippen molar-refractivity contribution in [2.24, 2.45) is 0 Å². The number of halogens is 2. The Balaban J connectivity index is 2.56. The standard InChI is InChI=1S/C14H9Br2O6P/c15-9-5-7(13(17)18)1-3-11(9)23(21,22)12-4-2-8(14(19)20)6-10(12)16/h1-6H,(H,17,18)(H,19,20)(H,21,22). The van der Waals surface area contributed by atoms with E-state index >= 15 is 0 Å². The first-order chi connectivity index (χ1) is 10.6. The lowest BCUT2D eigenvalue weighted by atomic mass is 10.2. The Morgan fingerprint density at radius 2 is 1.17 bits per heavy atom. The van der Waals surface area contributed by atoms with Gasteiger partial charge in [-0.2, -0.15) is 0 Å². The van der Waals surface area contributed by atoms with Gasteiger partial charge in [0.05, 0.1) is 21.7 Å². The molecule has 9 heteroatoms. The van der Waals surface area contributed by atoms with E-state index in [-0.39, 0.29) is 30.7 Å². The molecular weight excluding hydrogens is 455 g/mol. The molecule has 0 aliphatic heterocycles. The van der Waals surface area contributed by atoms with Crippen molar-refractivity contribution in [3.8, 4) is 0 Å². The number of carbonyl (C=O) groups is 2. The number of benzene rings is 2. The van der Waals surface area contributed by atoms with Crippen LogP contribution in [0.3, 0.4) is 0 Å². The Morgan fingerprint density at radius 3 is 1.43 bits per heavy atom. The van der Waals surface area contributed by atoms with E-state index < -0.39 is 19.3 Å². The van der Waals surface area contributed by atoms with E-state index in [1.165, 1.54) is 36.4 Å². The summed E-state index contributed by atoms with van der Waals surface area (Å²) in [7, 11) is -4.05. The lowest BCUT2D eigenvalue weighted by Gasteiger charge is -2.16. The van der Waals surface area contributed by atoms with Crippen LogP contribution in [0.4, 0.5) is 0 Å². The molecule has 0 spiro atoms. The summed E-state index contributed by atoms with van der Waals surface area (Å²) in [5, 5.41) is 17.9. The van der Waals surface area contributed by atoms with Crippen molar-refractivity contribution in [3.63, 3.8) is 0 Å². The van der Waals surface area contributed by atoms with Crippen molar-refractivity contribution in [2.75, 3.05) is 0 Å². The first-order valence-electron chi connectivity index (χ1n) is 6.04. The highest BCUT2D eigenvalue weighted by Crippen LogP contribution is 2.43. The minimum Gasteiger partial charge on any atom is -0.478 e. The Kier molecular flexibility index (Phi) is 5.10. The molecule has 0 unspecified atom stereocenters.